The van der Waals surface area contributed by atoms with Gasteiger partial charge < -0.3 is 9.32 Å². The zero-order chi connectivity index (χ0) is 23.6. The van der Waals surface area contributed by atoms with Gasteiger partial charge in [-0.05, 0) is 49.7 Å². The highest BCUT2D eigenvalue weighted by Crippen LogP contribution is 2.19. The summed E-state index contributed by atoms with van der Waals surface area (Å²) in [6.45, 7) is 2.54. The molecule has 4 rings (SSSR count). The predicted molar refractivity (Wildman–Crippen MR) is 117 cm³/mol. The monoisotopic (exact) mass is 474 g/mol. The molecule has 0 saturated carbocycles. The van der Waals surface area contributed by atoms with Crippen LogP contribution in [0.5, 0.6) is 0 Å². The lowest BCUT2D eigenvalue weighted by molar-refractivity contribution is -0.132. The molecular weight excluding hydrogens is 451 g/mol. The highest BCUT2D eigenvalue weighted by molar-refractivity contribution is 7.89. The molecule has 1 fully saturated rings. The normalized spacial score (nSPS) is 15.4. The fourth-order valence-electron chi connectivity index (χ4n) is 3.59. The number of nitrogens with zero attached hydrogens (tertiary/aromatic N) is 4. The molecule has 1 saturated heterocycles. The first-order valence-corrected chi connectivity index (χ1v) is 11.9. The highest BCUT2D eigenvalue weighted by Gasteiger charge is 2.28. The second kappa shape index (κ2) is 9.28. The number of sulfonamides is 1. The third-order valence-electron chi connectivity index (χ3n) is 5.45. The summed E-state index contributed by atoms with van der Waals surface area (Å²) in [6.07, 6.45) is 0.464. The Kier molecular flexibility index (Phi) is 6.43. The Balaban J connectivity index is 1.42. The van der Waals surface area contributed by atoms with Gasteiger partial charge >= 0.3 is 5.76 Å². The highest BCUT2D eigenvalue weighted by atomic mass is 32.2. The number of rotatable bonds is 5. The van der Waals surface area contributed by atoms with Gasteiger partial charge in [0.15, 0.2) is 0 Å². The quantitative estimate of drug-likeness (QED) is 0.559. The van der Waals surface area contributed by atoms with Gasteiger partial charge in [0.25, 0.3) is 0 Å². The molecule has 174 valence electrons. The molecule has 2 heterocycles. The number of hydrogen-bond donors (Lipinski definition) is 0. The number of benzene rings is 2. The van der Waals surface area contributed by atoms with Crippen molar-refractivity contribution in [2.24, 2.45) is 0 Å². The van der Waals surface area contributed by atoms with E-state index in [1.165, 1.54) is 33.5 Å². The van der Waals surface area contributed by atoms with Crippen LogP contribution in [0.4, 0.5) is 4.39 Å². The third kappa shape index (κ3) is 5.04. The summed E-state index contributed by atoms with van der Waals surface area (Å²) in [6, 6.07) is 11.9. The molecule has 0 bridgehead atoms. The van der Waals surface area contributed by atoms with Crippen molar-refractivity contribution in [2.45, 2.75) is 24.8 Å². The molecule has 1 aromatic heterocycles. The number of carbonyl (C=O) groups is 1. The Morgan fingerprint density at radius 2 is 1.73 bits per heavy atom. The van der Waals surface area contributed by atoms with Crippen molar-refractivity contribution >= 4 is 15.9 Å². The minimum absolute atomic E-state index is 0.0148. The van der Waals surface area contributed by atoms with Gasteiger partial charge in [0, 0.05) is 31.7 Å². The molecule has 0 spiro atoms. The second-order valence-corrected chi connectivity index (χ2v) is 9.73. The summed E-state index contributed by atoms with van der Waals surface area (Å²) in [7, 11) is -3.66. The average Bonchev–Trinajstić information content (AvgIpc) is 2.99. The Morgan fingerprint density at radius 3 is 2.42 bits per heavy atom. The minimum atomic E-state index is -3.66. The van der Waals surface area contributed by atoms with Crippen molar-refractivity contribution < 1.29 is 22.0 Å². The van der Waals surface area contributed by atoms with Crippen LogP contribution >= 0.6 is 0 Å². The van der Waals surface area contributed by atoms with Crippen LogP contribution in [-0.4, -0.2) is 59.5 Å². The van der Waals surface area contributed by atoms with Crippen LogP contribution in [-0.2, 0) is 21.4 Å². The number of carbonyl (C=O) groups excluding carboxylic acids is 1. The van der Waals surface area contributed by atoms with Crippen molar-refractivity contribution in [2.75, 3.05) is 26.2 Å². The second-order valence-electron chi connectivity index (χ2n) is 7.79. The molecule has 3 aromatic rings. The van der Waals surface area contributed by atoms with Crippen molar-refractivity contribution in [3.05, 3.63) is 70.5 Å². The van der Waals surface area contributed by atoms with Crippen molar-refractivity contribution in [3.63, 3.8) is 0 Å². The average molecular weight is 475 g/mol. The fraction of sp³-hybridized carbons (Fsp3) is 0.318. The molecule has 1 aliphatic heterocycles. The molecule has 0 N–H and O–H groups in total. The predicted octanol–water partition coefficient (Wildman–Crippen LogP) is 1.87. The molecule has 0 atom stereocenters. The topological polar surface area (TPSA) is 106 Å². The zero-order valence-corrected chi connectivity index (χ0v) is 18.8. The van der Waals surface area contributed by atoms with Gasteiger partial charge in [-0.15, -0.1) is 5.10 Å². The van der Waals surface area contributed by atoms with Gasteiger partial charge in [-0.2, -0.15) is 8.99 Å². The van der Waals surface area contributed by atoms with Gasteiger partial charge in [-0.1, -0.05) is 17.7 Å². The van der Waals surface area contributed by atoms with E-state index in [1.807, 2.05) is 6.92 Å². The molecule has 0 aliphatic carbocycles. The van der Waals surface area contributed by atoms with Crippen LogP contribution in [0, 0.1) is 12.7 Å². The van der Waals surface area contributed by atoms with Crippen LogP contribution in [0.1, 0.15) is 12.0 Å². The molecule has 2 aromatic carbocycles. The molecule has 1 amide bonds. The smallest absolute Gasteiger partial charge is 0.388 e. The van der Waals surface area contributed by atoms with Gasteiger partial charge in [-0.25, -0.2) is 17.6 Å². The Hall–Kier alpha value is -3.31. The van der Waals surface area contributed by atoms with Crippen LogP contribution in [0.25, 0.3) is 11.5 Å². The Labute approximate surface area is 190 Å². The van der Waals surface area contributed by atoms with E-state index in [4.69, 9.17) is 4.42 Å². The lowest BCUT2D eigenvalue weighted by Gasteiger charge is -2.22. The maximum Gasteiger partial charge on any atom is 0.437 e. The minimum Gasteiger partial charge on any atom is -0.388 e. The summed E-state index contributed by atoms with van der Waals surface area (Å²) in [4.78, 5) is 26.7. The summed E-state index contributed by atoms with van der Waals surface area (Å²) < 4.78 is 46.4. The van der Waals surface area contributed by atoms with Crippen LogP contribution in [0.3, 0.4) is 0 Å². The molecule has 11 heteroatoms. The number of aromatic nitrogens is 2. The van der Waals surface area contributed by atoms with Crippen LogP contribution < -0.4 is 5.76 Å². The van der Waals surface area contributed by atoms with Crippen molar-refractivity contribution in [1.29, 1.82) is 0 Å². The summed E-state index contributed by atoms with van der Waals surface area (Å²) in [5.41, 5.74) is 1.37. The van der Waals surface area contributed by atoms with Crippen LogP contribution in [0.15, 0.2) is 62.6 Å². The zero-order valence-electron chi connectivity index (χ0n) is 18.0. The Bertz CT molecular complexity index is 1300. The molecule has 1 aliphatic rings. The van der Waals surface area contributed by atoms with Gasteiger partial charge in [0.1, 0.15) is 12.4 Å². The van der Waals surface area contributed by atoms with Gasteiger partial charge in [-0.3, -0.25) is 4.79 Å². The molecule has 33 heavy (non-hydrogen) atoms. The maximum atomic E-state index is 13.1. The van der Waals surface area contributed by atoms with E-state index in [9.17, 15) is 22.4 Å². The lowest BCUT2D eigenvalue weighted by Crippen LogP contribution is -2.39. The lowest BCUT2D eigenvalue weighted by atomic mass is 10.2. The summed E-state index contributed by atoms with van der Waals surface area (Å²) >= 11 is 0. The van der Waals surface area contributed by atoms with E-state index in [-0.39, 0.29) is 36.3 Å². The van der Waals surface area contributed by atoms with E-state index in [0.717, 1.165) is 10.2 Å². The number of hydrogen-bond acceptors (Lipinski definition) is 6. The van der Waals surface area contributed by atoms with E-state index in [0.29, 0.717) is 25.1 Å². The van der Waals surface area contributed by atoms with E-state index in [1.54, 1.807) is 24.3 Å². The first kappa shape index (κ1) is 22.9. The standard InChI is InChI=1S/C22H23FN4O5S/c1-16-3-9-19(10-4-16)33(30,31)26-12-2-11-25(13-14-26)20(28)15-27-22(29)32-21(24-27)17-5-7-18(23)8-6-17/h3-10H,2,11-15H2,1H3. The van der Waals surface area contributed by atoms with E-state index >= 15 is 0 Å². The maximum absolute atomic E-state index is 13.1. The van der Waals surface area contributed by atoms with E-state index < -0.39 is 21.6 Å². The fourth-order valence-corrected chi connectivity index (χ4v) is 5.06. The summed E-state index contributed by atoms with van der Waals surface area (Å²) in [5.74, 6) is -1.62. The number of amides is 1. The van der Waals surface area contributed by atoms with Gasteiger partial charge in [0.2, 0.25) is 21.8 Å². The van der Waals surface area contributed by atoms with Crippen molar-refractivity contribution in [3.8, 4) is 11.5 Å². The molecule has 0 radical (unpaired) electrons. The molecule has 9 nitrogen and oxygen atoms in total. The number of aryl methyl sites for hydroxylation is 1. The first-order valence-electron chi connectivity index (χ1n) is 10.4. The van der Waals surface area contributed by atoms with Crippen molar-refractivity contribution in [1.82, 2.24) is 19.0 Å². The third-order valence-corrected chi connectivity index (χ3v) is 7.36. The van der Waals surface area contributed by atoms with Gasteiger partial charge in [0.05, 0.1) is 4.90 Å². The molecule has 0 unspecified atom stereocenters. The van der Waals surface area contributed by atoms with Crippen LogP contribution in [0.2, 0.25) is 0 Å². The number of halogens is 1. The largest absolute Gasteiger partial charge is 0.437 e. The Morgan fingerprint density at radius 1 is 1.03 bits per heavy atom. The van der Waals surface area contributed by atoms with E-state index in [2.05, 4.69) is 5.10 Å². The first-order chi connectivity index (χ1) is 15.7. The summed E-state index contributed by atoms with van der Waals surface area (Å²) in [5, 5.41) is 4.03. The molecular formula is C22H23FN4O5S. The SMILES string of the molecule is Cc1ccc(S(=O)(=O)N2CCCN(C(=O)Cn3nc(-c4ccc(F)cc4)oc3=O)CC2)cc1.